The van der Waals surface area contributed by atoms with Crippen molar-refractivity contribution in [2.45, 2.75) is 25.6 Å². The number of carbonyl (C=O) groups excluding carboxylic acids is 1. The molecule has 200 valence electrons. The number of amides is 1. The third kappa shape index (κ3) is 6.93. The maximum atomic E-state index is 13.7. The summed E-state index contributed by atoms with van der Waals surface area (Å²) < 4.78 is 11.5. The summed E-state index contributed by atoms with van der Waals surface area (Å²) in [6, 6.07) is 30.6. The van der Waals surface area contributed by atoms with Crippen molar-refractivity contribution in [2.75, 3.05) is 20.2 Å². The van der Waals surface area contributed by atoms with Gasteiger partial charge in [0.15, 0.2) is 11.5 Å². The first kappa shape index (κ1) is 27.1. The Morgan fingerprint density at radius 3 is 2.28 bits per heavy atom. The minimum atomic E-state index is 0.000623. The van der Waals surface area contributed by atoms with E-state index < -0.39 is 0 Å². The molecular formula is C32H30Cl2N2O3. The highest BCUT2D eigenvalue weighted by Gasteiger charge is 2.31. The summed E-state index contributed by atoms with van der Waals surface area (Å²) in [6.07, 6.45) is 0.893. The van der Waals surface area contributed by atoms with Crippen molar-refractivity contribution >= 4 is 29.1 Å². The SMILES string of the molecule is COc1ccccc1Oc1cccc(CN2CCC(N(Cc3ccc(Cl)cc3)C(=O)c3ccc(Cl)cc3)C2)c1. The average Bonchev–Trinajstić information content (AvgIpc) is 3.41. The standard InChI is InChI=1S/C32H30Cl2N2O3/c1-38-30-7-2-3-8-31(30)39-29-6-4-5-24(19-29)20-35-18-17-28(22-35)36(21-23-9-13-26(33)14-10-23)32(37)25-11-15-27(34)16-12-25/h2-16,19,28H,17-18,20-22H2,1H3. The van der Waals surface area contributed by atoms with Crippen LogP contribution in [0.3, 0.4) is 0 Å². The van der Waals surface area contributed by atoms with Gasteiger partial charge in [-0.3, -0.25) is 9.69 Å². The first-order valence-electron chi connectivity index (χ1n) is 12.9. The van der Waals surface area contributed by atoms with Gasteiger partial charge in [-0.25, -0.2) is 0 Å². The maximum Gasteiger partial charge on any atom is 0.254 e. The molecule has 1 saturated heterocycles. The van der Waals surface area contributed by atoms with Crippen LogP contribution in [0, 0.1) is 0 Å². The molecule has 0 spiro atoms. The lowest BCUT2D eigenvalue weighted by molar-refractivity contribution is 0.0664. The van der Waals surface area contributed by atoms with Crippen LogP contribution in [0.15, 0.2) is 97.1 Å². The van der Waals surface area contributed by atoms with Crippen LogP contribution in [0.1, 0.15) is 27.9 Å². The molecule has 4 aromatic rings. The van der Waals surface area contributed by atoms with Crippen LogP contribution in [-0.2, 0) is 13.1 Å². The summed E-state index contributed by atoms with van der Waals surface area (Å²) in [4.78, 5) is 18.0. The van der Waals surface area contributed by atoms with Crippen LogP contribution in [0.5, 0.6) is 17.2 Å². The molecule has 7 heteroatoms. The quantitative estimate of drug-likeness (QED) is 0.210. The number of likely N-dealkylation sites (tertiary alicyclic amines) is 1. The lowest BCUT2D eigenvalue weighted by atomic mass is 10.1. The van der Waals surface area contributed by atoms with Crippen molar-refractivity contribution in [3.8, 4) is 17.2 Å². The van der Waals surface area contributed by atoms with Crippen molar-refractivity contribution in [3.63, 3.8) is 0 Å². The molecule has 0 radical (unpaired) electrons. The van der Waals surface area contributed by atoms with E-state index in [0.717, 1.165) is 42.9 Å². The molecule has 1 atom stereocenters. The van der Waals surface area contributed by atoms with E-state index in [4.69, 9.17) is 32.7 Å². The Morgan fingerprint density at radius 2 is 1.56 bits per heavy atom. The summed E-state index contributed by atoms with van der Waals surface area (Å²) in [6.45, 7) is 2.96. The Labute approximate surface area is 239 Å². The minimum absolute atomic E-state index is 0.000623. The second-order valence-electron chi connectivity index (χ2n) is 9.64. The molecule has 0 aromatic heterocycles. The molecular weight excluding hydrogens is 531 g/mol. The van der Waals surface area contributed by atoms with Gasteiger partial charge >= 0.3 is 0 Å². The fourth-order valence-electron chi connectivity index (χ4n) is 4.92. The van der Waals surface area contributed by atoms with Gasteiger partial charge in [-0.05, 0) is 78.2 Å². The Balaban J connectivity index is 1.29. The summed E-state index contributed by atoms with van der Waals surface area (Å²) in [7, 11) is 1.64. The zero-order valence-electron chi connectivity index (χ0n) is 21.7. The van der Waals surface area contributed by atoms with Gasteiger partial charge in [0.25, 0.3) is 5.91 Å². The van der Waals surface area contributed by atoms with Gasteiger partial charge in [-0.2, -0.15) is 0 Å². The van der Waals surface area contributed by atoms with E-state index in [-0.39, 0.29) is 11.9 Å². The summed E-state index contributed by atoms with van der Waals surface area (Å²) in [5.74, 6) is 2.13. The van der Waals surface area contributed by atoms with Gasteiger partial charge in [-0.1, -0.05) is 59.6 Å². The molecule has 0 saturated carbocycles. The number of ether oxygens (including phenoxy) is 2. The predicted molar refractivity (Wildman–Crippen MR) is 156 cm³/mol. The number of benzene rings is 4. The van der Waals surface area contributed by atoms with E-state index >= 15 is 0 Å². The summed E-state index contributed by atoms with van der Waals surface area (Å²) in [5, 5.41) is 1.29. The van der Waals surface area contributed by atoms with Crippen molar-refractivity contribution in [1.82, 2.24) is 9.80 Å². The number of hydrogen-bond donors (Lipinski definition) is 0. The van der Waals surface area contributed by atoms with E-state index in [9.17, 15) is 4.79 Å². The summed E-state index contributed by atoms with van der Waals surface area (Å²) in [5.41, 5.74) is 2.82. The number of carbonyl (C=O) groups is 1. The van der Waals surface area contributed by atoms with Crippen molar-refractivity contribution in [1.29, 1.82) is 0 Å². The molecule has 5 rings (SSSR count). The van der Waals surface area contributed by atoms with Crippen LogP contribution < -0.4 is 9.47 Å². The van der Waals surface area contributed by atoms with Gasteiger partial charge in [0.05, 0.1) is 7.11 Å². The van der Waals surface area contributed by atoms with Crippen LogP contribution >= 0.6 is 23.2 Å². The van der Waals surface area contributed by atoms with Crippen LogP contribution in [-0.4, -0.2) is 41.9 Å². The second kappa shape index (κ2) is 12.6. The largest absolute Gasteiger partial charge is 0.493 e. The highest BCUT2D eigenvalue weighted by atomic mass is 35.5. The molecule has 1 amide bonds. The van der Waals surface area contributed by atoms with Crippen LogP contribution in [0.4, 0.5) is 0 Å². The number of para-hydroxylation sites is 2. The zero-order valence-corrected chi connectivity index (χ0v) is 23.2. The van der Waals surface area contributed by atoms with Crippen molar-refractivity contribution < 1.29 is 14.3 Å². The number of halogens is 2. The maximum absolute atomic E-state index is 13.7. The van der Waals surface area contributed by atoms with Gasteiger partial charge in [0.2, 0.25) is 0 Å². The molecule has 1 fully saturated rings. The van der Waals surface area contributed by atoms with Gasteiger partial charge in [-0.15, -0.1) is 0 Å². The monoisotopic (exact) mass is 560 g/mol. The van der Waals surface area contributed by atoms with E-state index in [0.29, 0.717) is 33.7 Å². The highest BCUT2D eigenvalue weighted by Crippen LogP contribution is 2.32. The molecule has 1 unspecified atom stereocenters. The average molecular weight is 562 g/mol. The Hall–Kier alpha value is -3.51. The lowest BCUT2D eigenvalue weighted by Crippen LogP contribution is -2.41. The van der Waals surface area contributed by atoms with Gasteiger partial charge in [0, 0.05) is 47.8 Å². The third-order valence-electron chi connectivity index (χ3n) is 6.91. The van der Waals surface area contributed by atoms with Gasteiger partial charge < -0.3 is 14.4 Å². The first-order chi connectivity index (χ1) is 19.0. The molecule has 5 nitrogen and oxygen atoms in total. The predicted octanol–water partition coefficient (Wildman–Crippen LogP) is 7.71. The van der Waals surface area contributed by atoms with Crippen molar-refractivity contribution in [3.05, 3.63) is 124 Å². The van der Waals surface area contributed by atoms with E-state index in [1.807, 2.05) is 65.6 Å². The first-order valence-corrected chi connectivity index (χ1v) is 13.7. The van der Waals surface area contributed by atoms with Crippen LogP contribution in [0.2, 0.25) is 10.0 Å². The van der Waals surface area contributed by atoms with Crippen molar-refractivity contribution in [2.24, 2.45) is 0 Å². The van der Waals surface area contributed by atoms with Gasteiger partial charge in [0.1, 0.15) is 5.75 Å². The third-order valence-corrected chi connectivity index (χ3v) is 7.41. The Kier molecular flexibility index (Phi) is 8.72. The summed E-state index contributed by atoms with van der Waals surface area (Å²) >= 11 is 12.2. The molecule has 0 bridgehead atoms. The fraction of sp³-hybridized carbons (Fsp3) is 0.219. The number of hydrogen-bond acceptors (Lipinski definition) is 4. The number of rotatable bonds is 9. The molecule has 0 aliphatic carbocycles. The highest BCUT2D eigenvalue weighted by molar-refractivity contribution is 6.30. The Bertz CT molecular complexity index is 1410. The lowest BCUT2D eigenvalue weighted by Gasteiger charge is -2.30. The molecule has 39 heavy (non-hydrogen) atoms. The molecule has 0 N–H and O–H groups in total. The zero-order chi connectivity index (χ0) is 27.2. The second-order valence-corrected chi connectivity index (χ2v) is 10.5. The minimum Gasteiger partial charge on any atom is -0.493 e. The molecule has 1 heterocycles. The van der Waals surface area contributed by atoms with Crippen LogP contribution in [0.25, 0.3) is 0 Å². The molecule has 1 aliphatic rings. The van der Waals surface area contributed by atoms with E-state index in [1.165, 1.54) is 0 Å². The molecule has 1 aliphatic heterocycles. The normalized spacial score (nSPS) is 15.2. The van der Waals surface area contributed by atoms with E-state index in [2.05, 4.69) is 17.0 Å². The number of nitrogens with zero attached hydrogens (tertiary/aromatic N) is 2. The topological polar surface area (TPSA) is 42.0 Å². The number of methoxy groups -OCH3 is 1. The fourth-order valence-corrected chi connectivity index (χ4v) is 5.17. The molecule has 4 aromatic carbocycles. The van der Waals surface area contributed by atoms with E-state index in [1.54, 1.807) is 31.4 Å². The Morgan fingerprint density at radius 1 is 0.872 bits per heavy atom. The smallest absolute Gasteiger partial charge is 0.254 e.